The van der Waals surface area contributed by atoms with Crippen molar-refractivity contribution in [3.63, 3.8) is 0 Å². The fourth-order valence-corrected chi connectivity index (χ4v) is 11.9. The molecule has 0 spiro atoms. The van der Waals surface area contributed by atoms with Gasteiger partial charge in [-0.1, -0.05) is 171 Å². The van der Waals surface area contributed by atoms with Crippen molar-refractivity contribution in [1.29, 1.82) is 0 Å². The third-order valence-electron chi connectivity index (χ3n) is 13.4. The standard InChI is InChI=1S/C55H40S/c1-55(2)49-28-26-37(30-47(49)48-32-46-38(31-50(48)55)25-27-45-40-13-9-10-18-51(40)56-54(45)46)34-19-22-35(23-20-34)52-41-14-5-7-16-43(41)53(44-17-8-6-15-42(44)52)39-24-21-33-11-3-4-12-36(33)29-39/h3-28,31-32,36,47H,29-30H2,1-2H3. The van der Waals surface area contributed by atoms with Gasteiger partial charge in [0.1, 0.15) is 0 Å². The summed E-state index contributed by atoms with van der Waals surface area (Å²) in [6.45, 7) is 4.86. The molecule has 266 valence electrons. The van der Waals surface area contributed by atoms with Crippen molar-refractivity contribution in [1.82, 2.24) is 0 Å². The Labute approximate surface area is 331 Å². The summed E-state index contributed by atoms with van der Waals surface area (Å²) in [5.74, 6) is 0.819. The van der Waals surface area contributed by atoms with Crippen molar-refractivity contribution in [3.8, 4) is 11.1 Å². The Bertz CT molecular complexity index is 3150. The van der Waals surface area contributed by atoms with E-state index in [1.807, 2.05) is 11.3 Å². The van der Waals surface area contributed by atoms with Gasteiger partial charge in [0.05, 0.1) is 0 Å². The molecule has 1 heteroatoms. The fraction of sp³-hybridized carbons (Fsp3) is 0.127. The number of hydrogen-bond acceptors (Lipinski definition) is 1. The van der Waals surface area contributed by atoms with E-state index in [1.165, 1.54) is 103 Å². The second kappa shape index (κ2) is 12.0. The Morgan fingerprint density at radius 1 is 0.554 bits per heavy atom. The minimum absolute atomic E-state index is 0.000125. The molecular weight excluding hydrogens is 693 g/mol. The molecule has 56 heavy (non-hydrogen) atoms. The molecule has 2 atom stereocenters. The summed E-state index contributed by atoms with van der Waals surface area (Å²) in [5, 5.41) is 10.8. The van der Waals surface area contributed by atoms with Crippen LogP contribution in [0.2, 0.25) is 0 Å². The summed E-state index contributed by atoms with van der Waals surface area (Å²) >= 11 is 1.94. The number of rotatable bonds is 3. The Hall–Kier alpha value is -6.02. The zero-order valence-electron chi connectivity index (χ0n) is 31.6. The normalized spacial score (nSPS) is 19.5. The van der Waals surface area contributed by atoms with Crippen LogP contribution in [0.25, 0.3) is 74.8 Å². The van der Waals surface area contributed by atoms with Gasteiger partial charge in [0.15, 0.2) is 0 Å². The molecule has 1 aromatic heterocycles. The lowest BCUT2D eigenvalue weighted by Gasteiger charge is -2.27. The minimum Gasteiger partial charge on any atom is -0.135 e. The average molecular weight is 733 g/mol. The highest BCUT2D eigenvalue weighted by molar-refractivity contribution is 7.26. The van der Waals surface area contributed by atoms with Gasteiger partial charge in [-0.2, -0.15) is 0 Å². The Balaban J connectivity index is 0.936. The van der Waals surface area contributed by atoms with E-state index in [0.717, 1.165) is 12.8 Å². The molecule has 0 aliphatic heterocycles. The lowest BCUT2D eigenvalue weighted by atomic mass is 9.76. The molecule has 0 saturated carbocycles. The highest BCUT2D eigenvalue weighted by Gasteiger charge is 2.43. The third-order valence-corrected chi connectivity index (χ3v) is 14.7. The van der Waals surface area contributed by atoms with Crippen LogP contribution in [-0.2, 0) is 5.41 Å². The molecule has 2 unspecified atom stereocenters. The van der Waals surface area contributed by atoms with Gasteiger partial charge in [-0.15, -0.1) is 11.3 Å². The molecule has 8 aromatic rings. The molecule has 4 aliphatic rings. The molecule has 7 aromatic carbocycles. The highest BCUT2D eigenvalue weighted by atomic mass is 32.1. The molecule has 0 N–H and O–H groups in total. The molecule has 0 fully saturated rings. The van der Waals surface area contributed by atoms with E-state index < -0.39 is 0 Å². The smallest absolute Gasteiger partial charge is 0.0433 e. The zero-order chi connectivity index (χ0) is 37.1. The van der Waals surface area contributed by atoms with Crippen LogP contribution in [-0.4, -0.2) is 0 Å². The van der Waals surface area contributed by atoms with E-state index >= 15 is 0 Å². The monoisotopic (exact) mass is 732 g/mol. The number of benzene rings is 7. The number of thiophene rings is 1. The van der Waals surface area contributed by atoms with Crippen LogP contribution in [0.5, 0.6) is 0 Å². The van der Waals surface area contributed by atoms with Gasteiger partial charge < -0.3 is 0 Å². The molecule has 0 bridgehead atoms. The predicted octanol–water partition coefficient (Wildman–Crippen LogP) is 15.4. The fourth-order valence-electron chi connectivity index (χ4n) is 10.7. The van der Waals surface area contributed by atoms with Crippen molar-refractivity contribution < 1.29 is 0 Å². The summed E-state index contributed by atoms with van der Waals surface area (Å²) in [4.78, 5) is 0. The van der Waals surface area contributed by atoms with Crippen molar-refractivity contribution in [3.05, 3.63) is 203 Å². The third kappa shape index (κ3) is 4.65. The summed E-state index contributed by atoms with van der Waals surface area (Å²) in [6.07, 6.45) is 20.6. The maximum atomic E-state index is 2.56. The quantitative estimate of drug-likeness (QED) is 0.159. The van der Waals surface area contributed by atoms with Crippen LogP contribution in [0.15, 0.2) is 181 Å². The summed E-state index contributed by atoms with van der Waals surface area (Å²) in [5.41, 5.74) is 14.1. The van der Waals surface area contributed by atoms with Gasteiger partial charge in [0.25, 0.3) is 0 Å². The van der Waals surface area contributed by atoms with Gasteiger partial charge in [-0.3, -0.25) is 0 Å². The van der Waals surface area contributed by atoms with E-state index in [1.54, 1.807) is 5.57 Å². The molecule has 4 aliphatic carbocycles. The van der Waals surface area contributed by atoms with Gasteiger partial charge in [-0.05, 0) is 113 Å². The van der Waals surface area contributed by atoms with Crippen LogP contribution in [0.4, 0.5) is 0 Å². The van der Waals surface area contributed by atoms with Gasteiger partial charge in [0.2, 0.25) is 0 Å². The van der Waals surface area contributed by atoms with E-state index in [4.69, 9.17) is 0 Å². The van der Waals surface area contributed by atoms with Crippen molar-refractivity contribution in [2.45, 2.75) is 38.0 Å². The Morgan fingerprint density at radius 2 is 1.23 bits per heavy atom. The molecule has 0 nitrogen and oxygen atoms in total. The lowest BCUT2D eigenvalue weighted by Crippen LogP contribution is -2.17. The molecule has 0 saturated heterocycles. The SMILES string of the molecule is CC1(C)C2=CC=C(c3ccc(-c4c5ccccc5c(C5=CC=C6C=CC=CC6C5)c5ccccc45)cc3)CC2c2cc3c(ccc4c5ccccc5sc34)cc21. The van der Waals surface area contributed by atoms with Crippen molar-refractivity contribution in [2.75, 3.05) is 0 Å². The first-order valence-corrected chi connectivity index (χ1v) is 20.9. The first kappa shape index (κ1) is 32.2. The Kier molecular flexibility index (Phi) is 6.90. The second-order valence-corrected chi connectivity index (χ2v) is 17.8. The van der Waals surface area contributed by atoms with Crippen LogP contribution >= 0.6 is 11.3 Å². The van der Waals surface area contributed by atoms with Gasteiger partial charge in [-0.25, -0.2) is 0 Å². The van der Waals surface area contributed by atoms with Crippen LogP contribution in [0, 0.1) is 5.92 Å². The highest BCUT2D eigenvalue weighted by Crippen LogP contribution is 2.56. The van der Waals surface area contributed by atoms with E-state index in [0.29, 0.717) is 11.8 Å². The largest absolute Gasteiger partial charge is 0.135 e. The van der Waals surface area contributed by atoms with E-state index in [9.17, 15) is 0 Å². The van der Waals surface area contributed by atoms with Gasteiger partial charge >= 0.3 is 0 Å². The maximum Gasteiger partial charge on any atom is 0.0433 e. The van der Waals surface area contributed by atoms with Gasteiger partial charge in [0, 0.05) is 37.4 Å². The topological polar surface area (TPSA) is 0 Å². The van der Waals surface area contributed by atoms with Crippen LogP contribution in [0.1, 0.15) is 54.9 Å². The average Bonchev–Trinajstić information content (AvgIpc) is 3.73. The summed E-state index contributed by atoms with van der Waals surface area (Å²) in [6, 6.07) is 46.2. The number of allylic oxidation sites excluding steroid dienone is 12. The predicted molar refractivity (Wildman–Crippen MR) is 243 cm³/mol. The molecule has 0 amide bonds. The van der Waals surface area contributed by atoms with E-state index in [-0.39, 0.29) is 5.41 Å². The molecule has 1 heterocycles. The number of hydrogen-bond donors (Lipinski definition) is 0. The molecule has 0 radical (unpaired) electrons. The van der Waals surface area contributed by atoms with Crippen LogP contribution in [0.3, 0.4) is 0 Å². The first-order chi connectivity index (χ1) is 27.5. The van der Waals surface area contributed by atoms with Crippen LogP contribution < -0.4 is 0 Å². The van der Waals surface area contributed by atoms with E-state index in [2.05, 4.69) is 184 Å². The Morgan fingerprint density at radius 3 is 2.00 bits per heavy atom. The summed E-state index contributed by atoms with van der Waals surface area (Å²) in [7, 11) is 0. The zero-order valence-corrected chi connectivity index (χ0v) is 32.5. The first-order valence-electron chi connectivity index (χ1n) is 20.1. The van der Waals surface area contributed by atoms with Crippen molar-refractivity contribution >= 4 is 75.0 Å². The minimum atomic E-state index is -0.000125. The molecule has 12 rings (SSSR count). The van der Waals surface area contributed by atoms with Crippen molar-refractivity contribution in [2.24, 2.45) is 5.92 Å². The second-order valence-electron chi connectivity index (χ2n) is 16.7. The summed E-state index contributed by atoms with van der Waals surface area (Å²) < 4.78 is 2.78. The lowest BCUT2D eigenvalue weighted by molar-refractivity contribution is 0.615. The maximum absolute atomic E-state index is 2.56. The molecular formula is C55H40S. The number of fused-ring (bicyclic) bond motifs is 11.